The number of hydrogen-bond acceptors (Lipinski definition) is 3. The summed E-state index contributed by atoms with van der Waals surface area (Å²) < 4.78 is 27.8. The maximum Gasteiger partial charge on any atom is 0.261 e. The van der Waals surface area contributed by atoms with Gasteiger partial charge in [-0.05, 0) is 56.2 Å². The molecule has 1 heterocycles. The first kappa shape index (κ1) is 16.3. The second-order valence-electron chi connectivity index (χ2n) is 5.81. The monoisotopic (exact) mass is 341 g/mol. The molecule has 0 aliphatic carbocycles. The standard InChI is InChI=1S/C18H19N3O2S/c1-12-7-8-17(9-13(12)2)24(22,23)21-16-6-4-5-15(10-16)18-14(3)19-11-20-18/h4-11,21H,1-3H3,(H,19,20). The molecule has 0 saturated heterocycles. The molecule has 2 N–H and O–H groups in total. The van der Waals surface area contributed by atoms with Gasteiger partial charge in [0.05, 0.1) is 16.9 Å². The maximum atomic E-state index is 12.6. The molecule has 0 aliphatic rings. The van der Waals surface area contributed by atoms with Crippen molar-refractivity contribution in [3.8, 4) is 11.3 Å². The fraction of sp³-hybridized carbons (Fsp3) is 0.167. The molecule has 0 radical (unpaired) electrons. The Kier molecular flexibility index (Phi) is 4.15. The van der Waals surface area contributed by atoms with Crippen LogP contribution in [0.15, 0.2) is 53.7 Å². The Bertz CT molecular complexity index is 991. The number of imidazole rings is 1. The van der Waals surface area contributed by atoms with E-state index >= 15 is 0 Å². The number of nitrogens with zero attached hydrogens (tertiary/aromatic N) is 1. The lowest BCUT2D eigenvalue weighted by Gasteiger charge is -2.11. The average Bonchev–Trinajstić information content (AvgIpc) is 2.96. The van der Waals surface area contributed by atoms with Gasteiger partial charge in [0.2, 0.25) is 0 Å². The lowest BCUT2D eigenvalue weighted by Crippen LogP contribution is -2.13. The van der Waals surface area contributed by atoms with Crippen molar-refractivity contribution in [2.45, 2.75) is 25.7 Å². The predicted molar refractivity (Wildman–Crippen MR) is 95.5 cm³/mol. The largest absolute Gasteiger partial charge is 0.348 e. The molecule has 0 unspecified atom stereocenters. The normalized spacial score (nSPS) is 11.5. The van der Waals surface area contributed by atoms with E-state index in [9.17, 15) is 8.42 Å². The predicted octanol–water partition coefficient (Wildman–Crippen LogP) is 3.80. The topological polar surface area (TPSA) is 74.8 Å². The summed E-state index contributed by atoms with van der Waals surface area (Å²) >= 11 is 0. The quantitative estimate of drug-likeness (QED) is 0.758. The third kappa shape index (κ3) is 3.19. The van der Waals surface area contributed by atoms with Crippen LogP contribution < -0.4 is 4.72 Å². The highest BCUT2D eigenvalue weighted by atomic mass is 32.2. The van der Waals surface area contributed by atoms with Crippen molar-refractivity contribution in [3.05, 3.63) is 65.6 Å². The van der Waals surface area contributed by atoms with Gasteiger partial charge in [0.1, 0.15) is 0 Å². The molecule has 6 heteroatoms. The highest BCUT2D eigenvalue weighted by molar-refractivity contribution is 7.92. The number of hydrogen-bond donors (Lipinski definition) is 2. The van der Waals surface area contributed by atoms with Gasteiger partial charge in [0, 0.05) is 16.9 Å². The van der Waals surface area contributed by atoms with Crippen molar-refractivity contribution in [2.75, 3.05) is 4.72 Å². The van der Waals surface area contributed by atoms with Gasteiger partial charge in [0.25, 0.3) is 10.0 Å². The summed E-state index contributed by atoms with van der Waals surface area (Å²) in [7, 11) is -3.63. The second kappa shape index (κ2) is 6.13. The molecular formula is C18H19N3O2S. The molecule has 24 heavy (non-hydrogen) atoms. The van der Waals surface area contributed by atoms with Crippen LogP contribution >= 0.6 is 0 Å². The smallest absolute Gasteiger partial charge is 0.261 e. The van der Waals surface area contributed by atoms with E-state index in [4.69, 9.17) is 0 Å². The summed E-state index contributed by atoms with van der Waals surface area (Å²) in [6.45, 7) is 5.78. The molecule has 124 valence electrons. The Balaban J connectivity index is 1.93. The van der Waals surface area contributed by atoms with Crippen LogP contribution in [0.4, 0.5) is 5.69 Å². The van der Waals surface area contributed by atoms with Crippen molar-refractivity contribution in [1.82, 2.24) is 9.97 Å². The summed E-state index contributed by atoms with van der Waals surface area (Å²) in [5.41, 5.74) is 5.11. The molecule has 0 saturated carbocycles. The molecular weight excluding hydrogens is 322 g/mol. The first-order valence-electron chi connectivity index (χ1n) is 7.57. The van der Waals surface area contributed by atoms with Crippen molar-refractivity contribution < 1.29 is 8.42 Å². The number of aromatic nitrogens is 2. The van der Waals surface area contributed by atoms with Crippen LogP contribution in [0, 0.1) is 20.8 Å². The van der Waals surface area contributed by atoms with E-state index in [-0.39, 0.29) is 4.90 Å². The van der Waals surface area contributed by atoms with Crippen LogP contribution in [0.1, 0.15) is 16.8 Å². The number of aromatic amines is 1. The minimum atomic E-state index is -3.63. The van der Waals surface area contributed by atoms with Crippen molar-refractivity contribution in [3.63, 3.8) is 0 Å². The first-order valence-corrected chi connectivity index (χ1v) is 9.05. The van der Waals surface area contributed by atoms with E-state index in [2.05, 4.69) is 14.7 Å². The average molecular weight is 341 g/mol. The van der Waals surface area contributed by atoms with Crippen LogP contribution in [-0.2, 0) is 10.0 Å². The molecule has 5 nitrogen and oxygen atoms in total. The van der Waals surface area contributed by atoms with Gasteiger partial charge in [-0.15, -0.1) is 0 Å². The number of H-pyrrole nitrogens is 1. The Morgan fingerprint density at radius 2 is 1.79 bits per heavy atom. The zero-order valence-electron chi connectivity index (χ0n) is 13.8. The minimum Gasteiger partial charge on any atom is -0.348 e. The van der Waals surface area contributed by atoms with Gasteiger partial charge < -0.3 is 4.98 Å². The van der Waals surface area contributed by atoms with Crippen molar-refractivity contribution in [2.24, 2.45) is 0 Å². The second-order valence-corrected chi connectivity index (χ2v) is 7.49. The van der Waals surface area contributed by atoms with E-state index in [0.29, 0.717) is 5.69 Å². The summed E-state index contributed by atoms with van der Waals surface area (Å²) in [6, 6.07) is 12.3. The van der Waals surface area contributed by atoms with Gasteiger partial charge in [-0.3, -0.25) is 4.72 Å². The van der Waals surface area contributed by atoms with Crippen LogP contribution in [-0.4, -0.2) is 18.4 Å². The molecule has 2 aromatic carbocycles. The zero-order valence-corrected chi connectivity index (χ0v) is 14.6. The fourth-order valence-electron chi connectivity index (χ4n) is 2.47. The lowest BCUT2D eigenvalue weighted by atomic mass is 10.1. The molecule has 1 aromatic heterocycles. The molecule has 0 amide bonds. The Morgan fingerprint density at radius 3 is 2.46 bits per heavy atom. The van der Waals surface area contributed by atoms with Crippen molar-refractivity contribution in [1.29, 1.82) is 0 Å². The summed E-state index contributed by atoms with van der Waals surface area (Å²) in [6.07, 6.45) is 1.62. The molecule has 3 aromatic rings. The highest BCUT2D eigenvalue weighted by Gasteiger charge is 2.15. The number of benzene rings is 2. The lowest BCUT2D eigenvalue weighted by molar-refractivity contribution is 0.601. The molecule has 0 fully saturated rings. The SMILES string of the molecule is Cc1ccc(S(=O)(=O)Nc2cccc(-c3nc[nH]c3C)c2)cc1C. The van der Waals surface area contributed by atoms with Gasteiger partial charge in [-0.25, -0.2) is 13.4 Å². The Hall–Kier alpha value is -2.60. The van der Waals surface area contributed by atoms with Crippen LogP contribution in [0.5, 0.6) is 0 Å². The van der Waals surface area contributed by atoms with Crippen LogP contribution in [0.25, 0.3) is 11.3 Å². The summed E-state index contributed by atoms with van der Waals surface area (Å²) in [5, 5.41) is 0. The zero-order chi connectivity index (χ0) is 17.3. The fourth-order valence-corrected chi connectivity index (χ4v) is 3.61. The van der Waals surface area contributed by atoms with Crippen LogP contribution in [0.2, 0.25) is 0 Å². The van der Waals surface area contributed by atoms with Gasteiger partial charge in [-0.2, -0.15) is 0 Å². The van der Waals surface area contributed by atoms with E-state index in [1.165, 1.54) is 0 Å². The Morgan fingerprint density at radius 1 is 1.00 bits per heavy atom. The first-order chi connectivity index (χ1) is 11.4. The van der Waals surface area contributed by atoms with Crippen LogP contribution in [0.3, 0.4) is 0 Å². The third-order valence-corrected chi connectivity index (χ3v) is 5.39. The van der Waals surface area contributed by atoms with E-state index in [0.717, 1.165) is 28.1 Å². The molecule has 0 atom stereocenters. The molecule has 0 spiro atoms. The van der Waals surface area contributed by atoms with Gasteiger partial charge >= 0.3 is 0 Å². The number of sulfonamides is 1. The molecule has 0 bridgehead atoms. The van der Waals surface area contributed by atoms with E-state index in [1.54, 1.807) is 30.6 Å². The Labute approximate surface area is 141 Å². The maximum absolute atomic E-state index is 12.6. The minimum absolute atomic E-state index is 0.256. The number of nitrogens with one attached hydrogen (secondary N) is 2. The third-order valence-electron chi connectivity index (χ3n) is 4.01. The summed E-state index contributed by atoms with van der Waals surface area (Å²) in [4.78, 5) is 7.55. The number of aryl methyl sites for hydroxylation is 3. The number of anilines is 1. The number of rotatable bonds is 4. The van der Waals surface area contributed by atoms with Gasteiger partial charge in [-0.1, -0.05) is 18.2 Å². The highest BCUT2D eigenvalue weighted by Crippen LogP contribution is 2.25. The van der Waals surface area contributed by atoms with E-state index in [1.807, 2.05) is 39.0 Å². The van der Waals surface area contributed by atoms with Crippen molar-refractivity contribution >= 4 is 15.7 Å². The van der Waals surface area contributed by atoms with Gasteiger partial charge in [0.15, 0.2) is 0 Å². The van der Waals surface area contributed by atoms with E-state index < -0.39 is 10.0 Å². The molecule has 0 aliphatic heterocycles. The molecule has 3 rings (SSSR count). The summed E-state index contributed by atoms with van der Waals surface area (Å²) in [5.74, 6) is 0.